The first-order valence-corrected chi connectivity index (χ1v) is 9.39. The van der Waals surface area contributed by atoms with Crippen LogP contribution in [0.15, 0.2) is 18.2 Å². The zero-order chi connectivity index (χ0) is 19.3. The van der Waals surface area contributed by atoms with Crippen molar-refractivity contribution < 1.29 is 19.4 Å². The summed E-state index contributed by atoms with van der Waals surface area (Å²) in [7, 11) is 0. The average Bonchev–Trinajstić information content (AvgIpc) is 3.15. The van der Waals surface area contributed by atoms with E-state index in [1.54, 1.807) is 11.0 Å². The van der Waals surface area contributed by atoms with Gasteiger partial charge in [-0.1, -0.05) is 29.3 Å². The maximum absolute atomic E-state index is 12.5. The second-order valence-corrected chi connectivity index (χ2v) is 9.20. The maximum atomic E-state index is 12.5. The van der Waals surface area contributed by atoms with Gasteiger partial charge in [0.05, 0.1) is 16.5 Å². The Hall–Kier alpha value is -1.46. The van der Waals surface area contributed by atoms with Crippen molar-refractivity contribution in [3.63, 3.8) is 0 Å². The van der Waals surface area contributed by atoms with Gasteiger partial charge in [-0.05, 0) is 51.3 Å². The van der Waals surface area contributed by atoms with Crippen molar-refractivity contribution in [3.05, 3.63) is 33.8 Å². The molecule has 2 atom stereocenters. The van der Waals surface area contributed by atoms with Gasteiger partial charge in [-0.3, -0.25) is 4.79 Å². The number of nitrogens with zero attached hydrogens (tertiary/aromatic N) is 1. The number of ether oxygens (including phenoxy) is 1. The lowest BCUT2D eigenvalue weighted by Crippen LogP contribution is -2.47. The molecule has 0 aromatic heterocycles. The van der Waals surface area contributed by atoms with Crippen LogP contribution in [0, 0.1) is 5.41 Å². The molecule has 0 spiro atoms. The van der Waals surface area contributed by atoms with Gasteiger partial charge < -0.3 is 14.7 Å². The Morgan fingerprint density at radius 2 is 1.96 bits per heavy atom. The molecule has 1 saturated heterocycles. The number of carbonyl (C=O) groups is 2. The average molecular weight is 400 g/mol. The normalized spacial score (nSPS) is 27.7. The third kappa shape index (κ3) is 3.39. The zero-order valence-electron chi connectivity index (χ0n) is 15.1. The number of fused-ring (bicyclic) bond motifs is 1. The number of halogens is 2. The molecule has 5 nitrogen and oxygen atoms in total. The van der Waals surface area contributed by atoms with E-state index in [1.165, 1.54) is 0 Å². The summed E-state index contributed by atoms with van der Waals surface area (Å²) in [5, 5.41) is 10.4. The number of carboxylic acids is 1. The Balaban J connectivity index is 1.87. The Labute approximate surface area is 163 Å². The largest absolute Gasteiger partial charge is 0.481 e. The highest BCUT2D eigenvalue weighted by molar-refractivity contribution is 6.42. The molecule has 1 heterocycles. The van der Waals surface area contributed by atoms with Gasteiger partial charge in [0.2, 0.25) is 0 Å². The summed E-state index contributed by atoms with van der Waals surface area (Å²) in [6.45, 7) is 6.35. The minimum Gasteiger partial charge on any atom is -0.481 e. The molecule has 1 aliphatic carbocycles. The molecule has 2 fully saturated rings. The van der Waals surface area contributed by atoms with Crippen LogP contribution in [0.4, 0.5) is 4.79 Å². The van der Waals surface area contributed by atoms with E-state index < -0.39 is 23.1 Å². The SMILES string of the molecule is CC(C)(C)OC(=O)N1CCC2(c3ccc(Cl)c(Cl)c3)CC2(CC(=O)O)C1. The quantitative estimate of drug-likeness (QED) is 0.796. The molecule has 7 heteroatoms. The maximum Gasteiger partial charge on any atom is 0.410 e. The molecular weight excluding hydrogens is 377 g/mol. The highest BCUT2D eigenvalue weighted by Gasteiger charge is 2.70. The number of aliphatic carboxylic acids is 1. The zero-order valence-corrected chi connectivity index (χ0v) is 16.7. The van der Waals surface area contributed by atoms with E-state index in [-0.39, 0.29) is 11.8 Å². The third-order valence-corrected chi connectivity index (χ3v) is 6.18. The number of piperidine rings is 1. The summed E-state index contributed by atoms with van der Waals surface area (Å²) < 4.78 is 5.47. The van der Waals surface area contributed by atoms with Crippen molar-refractivity contribution in [2.45, 2.75) is 51.0 Å². The van der Waals surface area contributed by atoms with Gasteiger partial charge in [-0.25, -0.2) is 4.79 Å². The summed E-state index contributed by atoms with van der Waals surface area (Å²) in [4.78, 5) is 25.6. The predicted molar refractivity (Wildman–Crippen MR) is 99.9 cm³/mol. The lowest BCUT2D eigenvalue weighted by Gasteiger charge is -2.38. The van der Waals surface area contributed by atoms with Crippen molar-refractivity contribution >= 4 is 35.3 Å². The monoisotopic (exact) mass is 399 g/mol. The molecular formula is C19H23Cl2NO4. The van der Waals surface area contributed by atoms with E-state index in [1.807, 2.05) is 32.9 Å². The molecule has 1 aliphatic heterocycles. The van der Waals surface area contributed by atoms with Crippen LogP contribution in [-0.4, -0.2) is 40.8 Å². The molecule has 2 aliphatic rings. The molecule has 1 aromatic carbocycles. The number of carboxylic acid groups (broad SMARTS) is 1. The Morgan fingerprint density at radius 1 is 1.27 bits per heavy atom. The van der Waals surface area contributed by atoms with E-state index in [0.29, 0.717) is 36.0 Å². The highest BCUT2D eigenvalue weighted by Crippen LogP contribution is 2.70. The van der Waals surface area contributed by atoms with Gasteiger partial charge in [0.25, 0.3) is 0 Å². The van der Waals surface area contributed by atoms with E-state index >= 15 is 0 Å². The van der Waals surface area contributed by atoms with Gasteiger partial charge in [0.1, 0.15) is 5.60 Å². The predicted octanol–water partition coefficient (Wildman–Crippen LogP) is 4.74. The molecule has 1 N–H and O–H groups in total. The van der Waals surface area contributed by atoms with Crippen molar-refractivity contribution in [1.82, 2.24) is 4.90 Å². The van der Waals surface area contributed by atoms with Crippen molar-refractivity contribution in [3.8, 4) is 0 Å². The fourth-order valence-electron chi connectivity index (χ4n) is 4.27. The number of hydrogen-bond donors (Lipinski definition) is 1. The van der Waals surface area contributed by atoms with Gasteiger partial charge in [0.15, 0.2) is 0 Å². The summed E-state index contributed by atoms with van der Waals surface area (Å²) in [6, 6.07) is 5.50. The minimum atomic E-state index is -0.863. The minimum absolute atomic E-state index is 0.00649. The number of rotatable bonds is 3. The molecule has 0 bridgehead atoms. The summed E-state index contributed by atoms with van der Waals surface area (Å²) in [5.41, 5.74) is -0.362. The lowest BCUT2D eigenvalue weighted by atomic mass is 9.79. The molecule has 142 valence electrons. The topological polar surface area (TPSA) is 66.8 Å². The first-order valence-electron chi connectivity index (χ1n) is 8.63. The molecule has 26 heavy (non-hydrogen) atoms. The Kier molecular flexibility index (Phi) is 4.68. The number of hydrogen-bond acceptors (Lipinski definition) is 3. The fourth-order valence-corrected chi connectivity index (χ4v) is 4.57. The highest BCUT2D eigenvalue weighted by atomic mass is 35.5. The van der Waals surface area contributed by atoms with Crippen LogP contribution in [0.2, 0.25) is 10.0 Å². The van der Waals surface area contributed by atoms with Crippen LogP contribution in [0.3, 0.4) is 0 Å². The van der Waals surface area contributed by atoms with Crippen LogP contribution in [0.25, 0.3) is 0 Å². The van der Waals surface area contributed by atoms with E-state index in [2.05, 4.69) is 0 Å². The number of likely N-dealkylation sites (tertiary alicyclic amines) is 1. The second-order valence-electron chi connectivity index (χ2n) is 8.39. The number of benzene rings is 1. The summed E-state index contributed by atoms with van der Waals surface area (Å²) >= 11 is 12.2. The van der Waals surface area contributed by atoms with Crippen LogP contribution >= 0.6 is 23.2 Å². The van der Waals surface area contributed by atoms with E-state index in [9.17, 15) is 14.7 Å². The smallest absolute Gasteiger partial charge is 0.410 e. The third-order valence-electron chi connectivity index (χ3n) is 5.45. The second kappa shape index (κ2) is 6.31. The number of amides is 1. The number of carbonyl (C=O) groups excluding carboxylic acids is 1. The lowest BCUT2D eigenvalue weighted by molar-refractivity contribution is -0.139. The molecule has 1 aromatic rings. The van der Waals surface area contributed by atoms with Crippen molar-refractivity contribution in [2.75, 3.05) is 13.1 Å². The van der Waals surface area contributed by atoms with Gasteiger partial charge in [0, 0.05) is 23.9 Å². The fraction of sp³-hybridized carbons (Fsp3) is 0.579. The van der Waals surface area contributed by atoms with Crippen molar-refractivity contribution in [1.29, 1.82) is 0 Å². The molecule has 1 saturated carbocycles. The molecule has 0 radical (unpaired) electrons. The standard InChI is InChI=1S/C19H23Cl2NO4/c1-17(2,3)26-16(25)22-7-6-19(10-18(19,11-22)9-15(23)24)12-4-5-13(20)14(21)8-12/h4-5,8H,6-7,9-11H2,1-3H3,(H,23,24). The van der Waals surface area contributed by atoms with Crippen LogP contribution in [0.5, 0.6) is 0 Å². The van der Waals surface area contributed by atoms with Gasteiger partial charge >= 0.3 is 12.1 Å². The van der Waals surface area contributed by atoms with Gasteiger partial charge in [-0.15, -0.1) is 0 Å². The van der Waals surface area contributed by atoms with Crippen LogP contribution in [0.1, 0.15) is 45.6 Å². The van der Waals surface area contributed by atoms with Gasteiger partial charge in [-0.2, -0.15) is 0 Å². The van der Waals surface area contributed by atoms with E-state index in [0.717, 1.165) is 5.56 Å². The van der Waals surface area contributed by atoms with Crippen molar-refractivity contribution in [2.24, 2.45) is 5.41 Å². The summed E-state index contributed by atoms with van der Waals surface area (Å²) in [6.07, 6.45) is 1.00. The van der Waals surface area contributed by atoms with E-state index in [4.69, 9.17) is 27.9 Å². The Bertz CT molecular complexity index is 760. The van der Waals surface area contributed by atoms with Crippen LogP contribution in [-0.2, 0) is 14.9 Å². The molecule has 1 amide bonds. The first kappa shape index (κ1) is 19.3. The molecule has 3 rings (SSSR count). The summed E-state index contributed by atoms with van der Waals surface area (Å²) in [5.74, 6) is -0.863. The first-order chi connectivity index (χ1) is 12.0. The van der Waals surface area contributed by atoms with Crippen LogP contribution < -0.4 is 0 Å². The Morgan fingerprint density at radius 3 is 2.54 bits per heavy atom. The molecule has 2 unspecified atom stereocenters.